The Balaban J connectivity index is 2.58. The van der Waals surface area contributed by atoms with Gasteiger partial charge in [-0.05, 0) is 48.4 Å². The standard InChI is InChI=1S/C16H26FN/c1-5-16(4,12-18-11-13(2)3)10-14-7-6-8-15(17)9-14/h6-9,13,18H,5,10-12H2,1-4H3. The van der Waals surface area contributed by atoms with Crippen LogP contribution in [-0.2, 0) is 6.42 Å². The summed E-state index contributed by atoms with van der Waals surface area (Å²) in [6.07, 6.45) is 2.01. The summed E-state index contributed by atoms with van der Waals surface area (Å²) in [6.45, 7) is 10.9. The highest BCUT2D eigenvalue weighted by Gasteiger charge is 2.22. The van der Waals surface area contributed by atoms with E-state index >= 15 is 0 Å². The number of benzene rings is 1. The van der Waals surface area contributed by atoms with Gasteiger partial charge in [-0.2, -0.15) is 0 Å². The summed E-state index contributed by atoms with van der Waals surface area (Å²) in [4.78, 5) is 0. The molecule has 0 heterocycles. The van der Waals surface area contributed by atoms with Crippen molar-refractivity contribution in [1.82, 2.24) is 5.32 Å². The number of hydrogen-bond acceptors (Lipinski definition) is 1. The lowest BCUT2D eigenvalue weighted by Crippen LogP contribution is -2.35. The molecule has 0 bridgehead atoms. The Morgan fingerprint density at radius 3 is 2.61 bits per heavy atom. The second-order valence-electron chi connectivity index (χ2n) is 6.00. The second kappa shape index (κ2) is 6.89. The van der Waals surface area contributed by atoms with Gasteiger partial charge in [0.2, 0.25) is 0 Å². The monoisotopic (exact) mass is 251 g/mol. The zero-order chi connectivity index (χ0) is 13.6. The third-order valence-corrected chi connectivity index (χ3v) is 3.48. The molecule has 2 heteroatoms. The maximum Gasteiger partial charge on any atom is 0.123 e. The van der Waals surface area contributed by atoms with Crippen molar-refractivity contribution in [3.63, 3.8) is 0 Å². The number of hydrogen-bond donors (Lipinski definition) is 1. The van der Waals surface area contributed by atoms with E-state index in [1.165, 1.54) is 6.07 Å². The van der Waals surface area contributed by atoms with E-state index in [1.54, 1.807) is 12.1 Å². The molecule has 0 aliphatic rings. The molecule has 1 aromatic carbocycles. The lowest BCUT2D eigenvalue weighted by atomic mass is 9.81. The lowest BCUT2D eigenvalue weighted by Gasteiger charge is -2.29. The Hall–Kier alpha value is -0.890. The van der Waals surface area contributed by atoms with E-state index in [-0.39, 0.29) is 11.2 Å². The smallest absolute Gasteiger partial charge is 0.123 e. The van der Waals surface area contributed by atoms with Gasteiger partial charge in [0.25, 0.3) is 0 Å². The Bertz CT molecular complexity index is 362. The molecule has 1 aromatic rings. The molecular weight excluding hydrogens is 225 g/mol. The van der Waals surface area contributed by atoms with Crippen LogP contribution in [0.2, 0.25) is 0 Å². The molecule has 1 N–H and O–H groups in total. The molecule has 18 heavy (non-hydrogen) atoms. The third kappa shape index (κ3) is 5.18. The molecule has 0 fully saturated rings. The Morgan fingerprint density at radius 1 is 1.33 bits per heavy atom. The van der Waals surface area contributed by atoms with Gasteiger partial charge in [-0.3, -0.25) is 0 Å². The fraction of sp³-hybridized carbons (Fsp3) is 0.625. The van der Waals surface area contributed by atoms with Gasteiger partial charge in [0.05, 0.1) is 0 Å². The minimum atomic E-state index is -0.138. The normalized spacial score (nSPS) is 14.8. The van der Waals surface area contributed by atoms with Crippen LogP contribution in [-0.4, -0.2) is 13.1 Å². The molecule has 0 aliphatic heterocycles. The maximum absolute atomic E-state index is 13.2. The van der Waals surface area contributed by atoms with E-state index < -0.39 is 0 Å². The summed E-state index contributed by atoms with van der Waals surface area (Å²) in [5.74, 6) is 0.529. The molecule has 1 rings (SSSR count). The lowest BCUT2D eigenvalue weighted by molar-refractivity contribution is 0.285. The van der Waals surface area contributed by atoms with Gasteiger partial charge >= 0.3 is 0 Å². The van der Waals surface area contributed by atoms with E-state index in [0.717, 1.165) is 31.5 Å². The van der Waals surface area contributed by atoms with Gasteiger partial charge in [0, 0.05) is 6.54 Å². The maximum atomic E-state index is 13.2. The quantitative estimate of drug-likeness (QED) is 0.771. The van der Waals surface area contributed by atoms with Crippen molar-refractivity contribution in [3.05, 3.63) is 35.6 Å². The van der Waals surface area contributed by atoms with Crippen LogP contribution in [0.1, 0.15) is 39.7 Å². The van der Waals surface area contributed by atoms with Crippen LogP contribution in [0.5, 0.6) is 0 Å². The van der Waals surface area contributed by atoms with Gasteiger partial charge in [-0.25, -0.2) is 4.39 Å². The zero-order valence-corrected chi connectivity index (χ0v) is 12.1. The van der Waals surface area contributed by atoms with Gasteiger partial charge in [-0.15, -0.1) is 0 Å². The molecule has 0 radical (unpaired) electrons. The summed E-state index contributed by atoms with van der Waals surface area (Å²) >= 11 is 0. The van der Waals surface area contributed by atoms with Crippen molar-refractivity contribution in [2.24, 2.45) is 11.3 Å². The average molecular weight is 251 g/mol. The van der Waals surface area contributed by atoms with Crippen molar-refractivity contribution < 1.29 is 4.39 Å². The summed E-state index contributed by atoms with van der Waals surface area (Å²) in [5.41, 5.74) is 1.29. The Labute approximate surface area is 111 Å². The molecule has 0 saturated carbocycles. The van der Waals surface area contributed by atoms with Crippen LogP contribution in [0.25, 0.3) is 0 Å². The van der Waals surface area contributed by atoms with Crippen molar-refractivity contribution >= 4 is 0 Å². The largest absolute Gasteiger partial charge is 0.316 e. The molecule has 0 aliphatic carbocycles. The summed E-state index contributed by atoms with van der Waals surface area (Å²) in [6, 6.07) is 6.96. The summed E-state index contributed by atoms with van der Waals surface area (Å²) in [5, 5.41) is 3.52. The van der Waals surface area contributed by atoms with Gasteiger partial charge in [-0.1, -0.05) is 39.8 Å². The molecule has 0 saturated heterocycles. The fourth-order valence-corrected chi connectivity index (χ4v) is 2.11. The van der Waals surface area contributed by atoms with Crippen LogP contribution in [0.4, 0.5) is 4.39 Å². The molecular formula is C16H26FN. The first-order valence-corrected chi connectivity index (χ1v) is 6.90. The minimum Gasteiger partial charge on any atom is -0.316 e. The van der Waals surface area contributed by atoms with Crippen LogP contribution in [0.3, 0.4) is 0 Å². The first-order chi connectivity index (χ1) is 8.45. The minimum absolute atomic E-state index is 0.138. The predicted octanol–water partition coefficient (Wildman–Crippen LogP) is 4.03. The predicted molar refractivity (Wildman–Crippen MR) is 76.2 cm³/mol. The summed E-state index contributed by atoms with van der Waals surface area (Å²) in [7, 11) is 0. The first kappa shape index (κ1) is 15.2. The Morgan fingerprint density at radius 2 is 2.06 bits per heavy atom. The van der Waals surface area contributed by atoms with Gasteiger partial charge in [0.15, 0.2) is 0 Å². The second-order valence-corrected chi connectivity index (χ2v) is 6.00. The number of halogens is 1. The van der Waals surface area contributed by atoms with Crippen LogP contribution >= 0.6 is 0 Å². The highest BCUT2D eigenvalue weighted by Crippen LogP contribution is 2.26. The fourth-order valence-electron chi connectivity index (χ4n) is 2.11. The summed E-state index contributed by atoms with van der Waals surface area (Å²) < 4.78 is 13.2. The third-order valence-electron chi connectivity index (χ3n) is 3.48. The van der Waals surface area contributed by atoms with Crippen molar-refractivity contribution in [2.45, 2.75) is 40.5 Å². The van der Waals surface area contributed by atoms with E-state index in [1.807, 2.05) is 6.07 Å². The molecule has 0 aromatic heterocycles. The highest BCUT2D eigenvalue weighted by atomic mass is 19.1. The van der Waals surface area contributed by atoms with E-state index in [0.29, 0.717) is 5.92 Å². The number of nitrogens with one attached hydrogen (secondary N) is 1. The SMILES string of the molecule is CCC(C)(CNCC(C)C)Cc1cccc(F)c1. The van der Waals surface area contributed by atoms with Crippen LogP contribution in [0.15, 0.2) is 24.3 Å². The van der Waals surface area contributed by atoms with E-state index in [9.17, 15) is 4.39 Å². The Kier molecular flexibility index (Phi) is 5.80. The van der Waals surface area contributed by atoms with Gasteiger partial charge < -0.3 is 5.32 Å². The molecule has 1 nitrogen and oxygen atoms in total. The zero-order valence-electron chi connectivity index (χ0n) is 12.1. The molecule has 1 unspecified atom stereocenters. The van der Waals surface area contributed by atoms with Crippen molar-refractivity contribution in [3.8, 4) is 0 Å². The van der Waals surface area contributed by atoms with Crippen molar-refractivity contribution in [2.75, 3.05) is 13.1 Å². The van der Waals surface area contributed by atoms with Crippen LogP contribution in [0, 0.1) is 17.2 Å². The highest BCUT2D eigenvalue weighted by molar-refractivity contribution is 5.18. The van der Waals surface area contributed by atoms with E-state index in [4.69, 9.17) is 0 Å². The molecule has 0 amide bonds. The molecule has 102 valence electrons. The van der Waals surface area contributed by atoms with Gasteiger partial charge in [0.1, 0.15) is 5.82 Å². The average Bonchev–Trinajstić information content (AvgIpc) is 2.28. The molecule has 1 atom stereocenters. The van der Waals surface area contributed by atoms with Crippen molar-refractivity contribution in [1.29, 1.82) is 0 Å². The number of rotatable bonds is 7. The van der Waals surface area contributed by atoms with Crippen LogP contribution < -0.4 is 5.32 Å². The van der Waals surface area contributed by atoms with E-state index in [2.05, 4.69) is 33.0 Å². The first-order valence-electron chi connectivity index (χ1n) is 6.90. The topological polar surface area (TPSA) is 12.0 Å². The molecule has 0 spiro atoms.